The summed E-state index contributed by atoms with van der Waals surface area (Å²) >= 11 is 1.35. The number of hydrogen-bond acceptors (Lipinski definition) is 7. The summed E-state index contributed by atoms with van der Waals surface area (Å²) in [6, 6.07) is 12.8. The lowest BCUT2D eigenvalue weighted by atomic mass is 9.90. The number of non-ortho nitro benzene ring substituents is 1. The number of carbonyl (C=O) groups excluding carboxylic acids is 2. The van der Waals surface area contributed by atoms with Gasteiger partial charge in [0.05, 0.1) is 4.92 Å². The molecule has 1 aliphatic rings. The molecule has 182 valence electrons. The molecular formula is C25H26N4O5S. The van der Waals surface area contributed by atoms with Gasteiger partial charge in [-0.15, -0.1) is 11.3 Å². The zero-order valence-electron chi connectivity index (χ0n) is 19.2. The Labute approximate surface area is 206 Å². The van der Waals surface area contributed by atoms with Gasteiger partial charge in [0.2, 0.25) is 0 Å². The standard InChI is InChI=1S/C25H26N4O5S/c1-16-9-11-19(12-10-16)34-14-23-26-22(15-35-23)25(31)28-21-8-3-2-7-20(21)27-24(30)17-5-4-6-18(13-17)29(32)33/h4-6,9-13,15,20-21H,2-3,7-8,14H2,1H3,(H,27,30)(H,28,31)/t20-,21-/m1/s1. The van der Waals surface area contributed by atoms with Gasteiger partial charge in [-0.3, -0.25) is 19.7 Å². The molecule has 1 aliphatic carbocycles. The van der Waals surface area contributed by atoms with Crippen LogP contribution in [0.3, 0.4) is 0 Å². The molecule has 0 aliphatic heterocycles. The number of benzene rings is 2. The number of thiazole rings is 1. The number of carbonyl (C=O) groups is 2. The van der Waals surface area contributed by atoms with Crippen molar-refractivity contribution in [3.8, 4) is 5.75 Å². The van der Waals surface area contributed by atoms with Gasteiger partial charge in [0, 0.05) is 35.2 Å². The van der Waals surface area contributed by atoms with Crippen molar-refractivity contribution in [2.24, 2.45) is 0 Å². The third kappa shape index (κ3) is 6.42. The normalized spacial score (nSPS) is 17.4. The highest BCUT2D eigenvalue weighted by atomic mass is 32.1. The minimum Gasteiger partial charge on any atom is -0.486 e. The molecule has 0 bridgehead atoms. The van der Waals surface area contributed by atoms with Crippen molar-refractivity contribution in [3.05, 3.63) is 85.9 Å². The summed E-state index contributed by atoms with van der Waals surface area (Å²) in [6.07, 6.45) is 3.28. The molecule has 4 rings (SSSR count). The van der Waals surface area contributed by atoms with Crippen LogP contribution in [0.5, 0.6) is 5.75 Å². The van der Waals surface area contributed by atoms with Crippen LogP contribution in [0, 0.1) is 17.0 Å². The van der Waals surface area contributed by atoms with Crippen LogP contribution < -0.4 is 15.4 Å². The quantitative estimate of drug-likeness (QED) is 0.353. The first-order valence-electron chi connectivity index (χ1n) is 11.4. The summed E-state index contributed by atoms with van der Waals surface area (Å²) in [5.41, 5.74) is 1.53. The van der Waals surface area contributed by atoms with E-state index in [4.69, 9.17) is 4.74 Å². The molecule has 1 aromatic heterocycles. The maximum Gasteiger partial charge on any atom is 0.271 e. The van der Waals surface area contributed by atoms with E-state index in [1.807, 2.05) is 31.2 Å². The molecule has 35 heavy (non-hydrogen) atoms. The summed E-state index contributed by atoms with van der Waals surface area (Å²) in [4.78, 5) is 40.5. The number of nitro benzene ring substituents is 1. The average molecular weight is 495 g/mol. The summed E-state index contributed by atoms with van der Waals surface area (Å²) in [5, 5.41) is 19.3. The average Bonchev–Trinajstić information content (AvgIpc) is 3.34. The summed E-state index contributed by atoms with van der Waals surface area (Å²) < 4.78 is 5.74. The Balaban J connectivity index is 1.35. The zero-order chi connectivity index (χ0) is 24.8. The molecule has 2 atom stereocenters. The highest BCUT2D eigenvalue weighted by molar-refractivity contribution is 7.09. The molecule has 1 fully saturated rings. The van der Waals surface area contributed by atoms with Crippen molar-refractivity contribution in [1.29, 1.82) is 0 Å². The van der Waals surface area contributed by atoms with E-state index in [2.05, 4.69) is 15.6 Å². The third-order valence-electron chi connectivity index (χ3n) is 5.89. The highest BCUT2D eigenvalue weighted by Crippen LogP contribution is 2.21. The summed E-state index contributed by atoms with van der Waals surface area (Å²) in [5.74, 6) is 0.0368. The second-order valence-corrected chi connectivity index (χ2v) is 9.42. The number of aromatic nitrogens is 1. The molecule has 0 spiro atoms. The Morgan fingerprint density at radius 1 is 1.09 bits per heavy atom. The highest BCUT2D eigenvalue weighted by Gasteiger charge is 2.29. The van der Waals surface area contributed by atoms with E-state index >= 15 is 0 Å². The number of nitrogens with zero attached hydrogens (tertiary/aromatic N) is 2. The predicted molar refractivity (Wildman–Crippen MR) is 132 cm³/mol. The molecule has 0 unspecified atom stereocenters. The molecule has 1 saturated carbocycles. The second-order valence-electron chi connectivity index (χ2n) is 8.48. The molecular weight excluding hydrogens is 468 g/mol. The van der Waals surface area contributed by atoms with Crippen LogP contribution in [0.4, 0.5) is 5.69 Å². The van der Waals surface area contributed by atoms with Crippen molar-refractivity contribution in [2.75, 3.05) is 0 Å². The van der Waals surface area contributed by atoms with Crippen molar-refractivity contribution in [2.45, 2.75) is 51.3 Å². The van der Waals surface area contributed by atoms with E-state index < -0.39 is 10.8 Å². The lowest BCUT2D eigenvalue weighted by molar-refractivity contribution is -0.384. The molecule has 3 aromatic rings. The topological polar surface area (TPSA) is 123 Å². The zero-order valence-corrected chi connectivity index (χ0v) is 20.0. The fourth-order valence-corrected chi connectivity index (χ4v) is 4.68. The van der Waals surface area contributed by atoms with Gasteiger partial charge in [0.25, 0.3) is 17.5 Å². The van der Waals surface area contributed by atoms with E-state index in [1.54, 1.807) is 5.38 Å². The van der Waals surface area contributed by atoms with Gasteiger partial charge in [0.1, 0.15) is 23.1 Å². The maximum absolute atomic E-state index is 12.9. The smallest absolute Gasteiger partial charge is 0.271 e. The van der Waals surface area contributed by atoms with E-state index in [-0.39, 0.29) is 35.8 Å². The monoisotopic (exact) mass is 494 g/mol. The molecule has 2 amide bonds. The van der Waals surface area contributed by atoms with Crippen LogP contribution in [0.15, 0.2) is 53.9 Å². The Morgan fingerprint density at radius 3 is 2.46 bits per heavy atom. The minimum atomic E-state index is -0.533. The van der Waals surface area contributed by atoms with Crippen molar-refractivity contribution in [1.82, 2.24) is 15.6 Å². The number of nitro groups is 1. The van der Waals surface area contributed by atoms with Crippen LogP contribution in [0.25, 0.3) is 0 Å². The van der Waals surface area contributed by atoms with E-state index in [0.717, 1.165) is 30.6 Å². The number of aryl methyl sites for hydroxylation is 1. The van der Waals surface area contributed by atoms with Gasteiger partial charge >= 0.3 is 0 Å². The summed E-state index contributed by atoms with van der Waals surface area (Å²) in [7, 11) is 0. The first-order chi connectivity index (χ1) is 16.9. The number of nitrogens with one attached hydrogen (secondary N) is 2. The van der Waals surface area contributed by atoms with Crippen molar-refractivity contribution >= 4 is 28.8 Å². The first kappa shape index (κ1) is 24.3. The van der Waals surface area contributed by atoms with Gasteiger partial charge < -0.3 is 15.4 Å². The lowest BCUT2D eigenvalue weighted by Gasteiger charge is -2.32. The van der Waals surface area contributed by atoms with Crippen LogP contribution in [-0.4, -0.2) is 33.8 Å². The largest absolute Gasteiger partial charge is 0.486 e. The lowest BCUT2D eigenvalue weighted by Crippen LogP contribution is -2.53. The Morgan fingerprint density at radius 2 is 1.77 bits per heavy atom. The molecule has 0 radical (unpaired) electrons. The van der Waals surface area contributed by atoms with Gasteiger partial charge in [-0.25, -0.2) is 4.98 Å². The van der Waals surface area contributed by atoms with Crippen molar-refractivity contribution < 1.29 is 19.2 Å². The van der Waals surface area contributed by atoms with E-state index in [0.29, 0.717) is 17.1 Å². The molecule has 10 heteroatoms. The SMILES string of the molecule is Cc1ccc(OCc2nc(C(=O)N[C@@H]3CCCC[C@H]3NC(=O)c3cccc([N+](=O)[O-])c3)cs2)cc1. The van der Waals surface area contributed by atoms with Gasteiger partial charge in [-0.2, -0.15) is 0 Å². The summed E-state index contributed by atoms with van der Waals surface area (Å²) in [6.45, 7) is 2.28. The predicted octanol–water partition coefficient (Wildman–Crippen LogP) is 4.41. The van der Waals surface area contributed by atoms with Gasteiger partial charge in [-0.05, 0) is 38.0 Å². The fraction of sp³-hybridized carbons (Fsp3) is 0.320. The molecule has 1 heterocycles. The first-order valence-corrected chi connectivity index (χ1v) is 12.3. The minimum absolute atomic E-state index is 0.142. The van der Waals surface area contributed by atoms with Crippen LogP contribution in [0.2, 0.25) is 0 Å². The molecule has 0 saturated heterocycles. The Hall–Kier alpha value is -3.79. The number of ether oxygens (including phenoxy) is 1. The molecule has 9 nitrogen and oxygen atoms in total. The van der Waals surface area contributed by atoms with Gasteiger partial charge in [0.15, 0.2) is 0 Å². The van der Waals surface area contributed by atoms with Gasteiger partial charge in [-0.1, -0.05) is 36.6 Å². The number of rotatable bonds is 8. The van der Waals surface area contributed by atoms with Crippen LogP contribution >= 0.6 is 11.3 Å². The van der Waals surface area contributed by atoms with E-state index in [9.17, 15) is 19.7 Å². The van der Waals surface area contributed by atoms with Crippen molar-refractivity contribution in [3.63, 3.8) is 0 Å². The molecule has 2 aromatic carbocycles. The Bertz CT molecular complexity index is 1210. The number of hydrogen-bond donors (Lipinski definition) is 2. The van der Waals surface area contributed by atoms with Crippen LogP contribution in [-0.2, 0) is 6.61 Å². The van der Waals surface area contributed by atoms with E-state index in [1.165, 1.54) is 35.6 Å². The Kier molecular flexibility index (Phi) is 7.71. The van der Waals surface area contributed by atoms with Crippen LogP contribution in [0.1, 0.15) is 57.1 Å². The maximum atomic E-state index is 12.9. The number of amides is 2. The second kappa shape index (κ2) is 11.1. The third-order valence-corrected chi connectivity index (χ3v) is 6.71. The molecule has 2 N–H and O–H groups in total. The fourth-order valence-electron chi connectivity index (χ4n) is 3.99.